The van der Waals surface area contributed by atoms with Crippen LogP contribution in [0.3, 0.4) is 0 Å². The van der Waals surface area contributed by atoms with E-state index in [1.807, 2.05) is 4.90 Å². The maximum Gasteiger partial charge on any atom is 0.282 e. The van der Waals surface area contributed by atoms with Crippen molar-refractivity contribution >= 4 is 21.8 Å². The van der Waals surface area contributed by atoms with E-state index in [9.17, 15) is 13.2 Å². The van der Waals surface area contributed by atoms with Gasteiger partial charge < -0.3 is 19.5 Å². The number of hydrogen-bond donors (Lipinski definition) is 1. The predicted octanol–water partition coefficient (Wildman–Crippen LogP) is 1.78. The molecule has 0 radical (unpaired) electrons. The molecular formula is C22H36N4O6S. The van der Waals surface area contributed by atoms with E-state index < -0.39 is 10.2 Å². The molecule has 1 aromatic rings. The molecule has 11 heteroatoms. The molecule has 3 rings (SSSR count). The Morgan fingerprint density at radius 2 is 1.58 bits per heavy atom. The van der Waals surface area contributed by atoms with Gasteiger partial charge in [-0.1, -0.05) is 19.3 Å². The van der Waals surface area contributed by atoms with Crippen molar-refractivity contribution in [3.8, 4) is 17.2 Å². The zero-order valence-corrected chi connectivity index (χ0v) is 20.8. The summed E-state index contributed by atoms with van der Waals surface area (Å²) in [6, 6.07) is 3.43. The number of ether oxygens (including phenoxy) is 3. The number of rotatable bonds is 9. The van der Waals surface area contributed by atoms with E-state index in [1.165, 1.54) is 32.1 Å². The summed E-state index contributed by atoms with van der Waals surface area (Å²) < 4.78 is 45.1. The number of carbonyl (C=O) groups is 1. The number of hydrogen-bond acceptors (Lipinski definition) is 7. The highest BCUT2D eigenvalue weighted by molar-refractivity contribution is 7.86. The summed E-state index contributed by atoms with van der Waals surface area (Å²) in [5.41, 5.74) is 0.532. The van der Waals surface area contributed by atoms with E-state index in [4.69, 9.17) is 14.2 Å². The van der Waals surface area contributed by atoms with Crippen LogP contribution in [0.4, 0.5) is 5.69 Å². The minimum atomic E-state index is -3.48. The maximum atomic E-state index is 13.0. The molecule has 1 aromatic carbocycles. The van der Waals surface area contributed by atoms with Crippen LogP contribution in [0.1, 0.15) is 32.1 Å². The lowest BCUT2D eigenvalue weighted by molar-refractivity contribution is -0.117. The molecule has 1 aliphatic heterocycles. The molecule has 10 nitrogen and oxygen atoms in total. The molecule has 0 spiro atoms. The lowest BCUT2D eigenvalue weighted by atomic mass is 9.96. The van der Waals surface area contributed by atoms with Crippen molar-refractivity contribution < 1.29 is 27.4 Å². The van der Waals surface area contributed by atoms with Gasteiger partial charge >= 0.3 is 0 Å². The van der Waals surface area contributed by atoms with E-state index in [0.717, 1.165) is 25.7 Å². The van der Waals surface area contributed by atoms with Gasteiger partial charge in [0.1, 0.15) is 0 Å². The summed E-state index contributed by atoms with van der Waals surface area (Å²) in [6.45, 7) is 1.91. The lowest BCUT2D eigenvalue weighted by Gasteiger charge is -2.38. The van der Waals surface area contributed by atoms with Crippen molar-refractivity contribution in [1.29, 1.82) is 0 Å². The van der Waals surface area contributed by atoms with Crippen LogP contribution in [-0.4, -0.2) is 95.0 Å². The first-order chi connectivity index (χ1) is 15.8. The number of nitrogens with zero attached hydrogens (tertiary/aromatic N) is 3. The van der Waals surface area contributed by atoms with E-state index in [1.54, 1.807) is 23.5 Å². The fourth-order valence-corrected chi connectivity index (χ4v) is 6.07. The number of methoxy groups -OCH3 is 3. The van der Waals surface area contributed by atoms with E-state index >= 15 is 0 Å². The van der Waals surface area contributed by atoms with Crippen LogP contribution < -0.4 is 19.5 Å². The molecule has 33 heavy (non-hydrogen) atoms. The van der Waals surface area contributed by atoms with Gasteiger partial charge in [-0.25, -0.2) is 0 Å². The molecule has 0 aromatic heterocycles. The van der Waals surface area contributed by atoms with Crippen molar-refractivity contribution in [2.75, 3.05) is 66.4 Å². The minimum Gasteiger partial charge on any atom is -0.493 e. The minimum absolute atomic E-state index is 0.0889. The van der Waals surface area contributed by atoms with Gasteiger partial charge in [0.2, 0.25) is 11.7 Å². The summed E-state index contributed by atoms with van der Waals surface area (Å²) in [4.78, 5) is 14.6. The fourth-order valence-electron chi connectivity index (χ4n) is 4.49. The Morgan fingerprint density at radius 1 is 1.00 bits per heavy atom. The molecule has 2 aliphatic rings. The standard InChI is InChI=1S/C22H36N4O6S/c1-24(18-8-6-5-7-9-18)33(28,29)26-12-10-25(11-13-26)16-21(27)23-17-14-19(30-2)22(32-4)20(15-17)31-3/h14-15,18H,5-13,16H2,1-4H3,(H,23,27). The Kier molecular flexibility index (Phi) is 8.80. The van der Waals surface area contributed by atoms with E-state index in [-0.39, 0.29) is 18.5 Å². The smallest absolute Gasteiger partial charge is 0.282 e. The first kappa shape index (κ1) is 25.5. The van der Waals surface area contributed by atoms with Crippen LogP contribution in [0.15, 0.2) is 12.1 Å². The van der Waals surface area contributed by atoms with Gasteiger partial charge in [0.15, 0.2) is 11.5 Å². The highest BCUT2D eigenvalue weighted by atomic mass is 32.2. The highest BCUT2D eigenvalue weighted by Gasteiger charge is 2.34. The van der Waals surface area contributed by atoms with Gasteiger partial charge in [-0.15, -0.1) is 0 Å². The molecule has 0 unspecified atom stereocenters. The maximum absolute atomic E-state index is 13.0. The summed E-state index contributed by atoms with van der Waals surface area (Å²) in [6.07, 6.45) is 5.20. The van der Waals surface area contributed by atoms with Crippen LogP contribution in [0, 0.1) is 0 Å². The molecule has 1 saturated heterocycles. The van der Waals surface area contributed by atoms with Gasteiger partial charge in [-0.05, 0) is 12.8 Å². The SMILES string of the molecule is COc1cc(NC(=O)CN2CCN(S(=O)(=O)N(C)C3CCCCC3)CC2)cc(OC)c1OC. The molecule has 186 valence electrons. The third-order valence-corrected chi connectivity index (χ3v) is 8.47. The monoisotopic (exact) mass is 484 g/mol. The van der Waals surface area contributed by atoms with Crippen LogP contribution in [-0.2, 0) is 15.0 Å². The average molecular weight is 485 g/mol. The summed E-state index contributed by atoms with van der Waals surface area (Å²) in [5, 5.41) is 2.86. The van der Waals surface area contributed by atoms with Gasteiger partial charge in [-0.3, -0.25) is 9.69 Å². The average Bonchev–Trinajstić information content (AvgIpc) is 2.83. The Balaban J connectivity index is 1.54. The lowest BCUT2D eigenvalue weighted by Crippen LogP contribution is -2.55. The molecular weight excluding hydrogens is 448 g/mol. The Hall–Kier alpha value is -2.08. The van der Waals surface area contributed by atoms with Crippen molar-refractivity contribution in [2.24, 2.45) is 0 Å². The van der Waals surface area contributed by atoms with E-state index in [2.05, 4.69) is 5.32 Å². The molecule has 1 aliphatic carbocycles. The third kappa shape index (κ3) is 6.08. The van der Waals surface area contributed by atoms with Crippen molar-refractivity contribution in [3.05, 3.63) is 12.1 Å². The number of carbonyl (C=O) groups excluding carboxylic acids is 1. The van der Waals surface area contributed by atoms with Crippen molar-refractivity contribution in [1.82, 2.24) is 13.5 Å². The predicted molar refractivity (Wildman–Crippen MR) is 126 cm³/mol. The van der Waals surface area contributed by atoms with Gasteiger partial charge in [0.25, 0.3) is 10.2 Å². The summed E-state index contributed by atoms with van der Waals surface area (Å²) in [7, 11) is 2.76. The molecule has 1 heterocycles. The molecule has 1 saturated carbocycles. The first-order valence-corrected chi connectivity index (χ1v) is 12.7. The van der Waals surface area contributed by atoms with Crippen LogP contribution in [0.5, 0.6) is 17.2 Å². The summed E-state index contributed by atoms with van der Waals surface area (Å²) in [5.74, 6) is 1.16. The van der Waals surface area contributed by atoms with E-state index in [0.29, 0.717) is 49.1 Å². The summed E-state index contributed by atoms with van der Waals surface area (Å²) >= 11 is 0. The molecule has 1 N–H and O–H groups in total. The van der Waals surface area contributed by atoms with Crippen LogP contribution in [0.25, 0.3) is 0 Å². The van der Waals surface area contributed by atoms with Crippen molar-refractivity contribution in [2.45, 2.75) is 38.1 Å². The second-order valence-corrected chi connectivity index (χ2v) is 10.4. The molecule has 0 bridgehead atoms. The normalized spacial score (nSPS) is 18.8. The van der Waals surface area contributed by atoms with Crippen molar-refractivity contribution in [3.63, 3.8) is 0 Å². The topological polar surface area (TPSA) is 101 Å². The Bertz CT molecular complexity index is 886. The zero-order valence-electron chi connectivity index (χ0n) is 20.0. The molecule has 0 atom stereocenters. The van der Waals surface area contributed by atoms with Crippen LogP contribution in [0.2, 0.25) is 0 Å². The second-order valence-electron chi connectivity index (χ2n) is 8.45. The number of piperazine rings is 1. The van der Waals surface area contributed by atoms with Gasteiger partial charge in [-0.2, -0.15) is 17.0 Å². The number of benzene rings is 1. The third-order valence-electron chi connectivity index (χ3n) is 6.43. The molecule has 1 amide bonds. The number of nitrogens with one attached hydrogen (secondary N) is 1. The van der Waals surface area contributed by atoms with Gasteiger partial charge in [0, 0.05) is 57.1 Å². The Morgan fingerprint density at radius 3 is 2.09 bits per heavy atom. The quantitative estimate of drug-likeness (QED) is 0.570. The van der Waals surface area contributed by atoms with Crippen LogP contribution >= 0.6 is 0 Å². The fraction of sp³-hybridized carbons (Fsp3) is 0.682. The Labute approximate surface area is 196 Å². The highest BCUT2D eigenvalue weighted by Crippen LogP contribution is 2.39. The second kappa shape index (κ2) is 11.4. The molecule has 2 fully saturated rings. The van der Waals surface area contributed by atoms with Gasteiger partial charge in [0.05, 0.1) is 27.9 Å². The number of anilines is 1. The zero-order chi connectivity index (χ0) is 24.0. The first-order valence-electron chi connectivity index (χ1n) is 11.4. The number of amides is 1. The largest absolute Gasteiger partial charge is 0.493 e.